The molecule has 14 heavy (non-hydrogen) atoms. The van der Waals surface area contributed by atoms with Crippen molar-refractivity contribution < 1.29 is 0 Å². The Kier molecular flexibility index (Phi) is 4.02. The summed E-state index contributed by atoms with van der Waals surface area (Å²) in [4.78, 5) is 0. The summed E-state index contributed by atoms with van der Waals surface area (Å²) in [6.07, 6.45) is 4.50. The second-order valence-electron chi connectivity index (χ2n) is 4.37. The van der Waals surface area contributed by atoms with Gasteiger partial charge in [-0.2, -0.15) is 0 Å². The summed E-state index contributed by atoms with van der Waals surface area (Å²) in [6, 6.07) is 10.6. The summed E-state index contributed by atoms with van der Waals surface area (Å²) in [6.45, 7) is 7.16. The maximum atomic E-state index is 2.39. The zero-order valence-corrected chi connectivity index (χ0v) is 11.2. The predicted octanol–water partition coefficient (Wildman–Crippen LogP) is 4.27. The van der Waals surface area contributed by atoms with E-state index in [4.69, 9.17) is 0 Å². The van der Waals surface area contributed by atoms with Crippen LogP contribution < -0.4 is 0 Å². The van der Waals surface area contributed by atoms with Crippen molar-refractivity contribution in [3.05, 3.63) is 40.4 Å². The van der Waals surface area contributed by atoms with E-state index in [1.54, 1.807) is 4.53 Å². The molecule has 0 atom stereocenters. The van der Waals surface area contributed by atoms with Gasteiger partial charge in [-0.1, -0.05) is 50.0 Å². The fourth-order valence-corrected chi connectivity index (χ4v) is 4.59. The summed E-state index contributed by atoms with van der Waals surface area (Å²) in [7, 11) is -1.15. The highest BCUT2D eigenvalue weighted by atomic mass is 32.2. The van der Waals surface area contributed by atoms with Crippen LogP contribution in [0.1, 0.15) is 5.56 Å². The molecule has 1 rings (SSSR count). The van der Waals surface area contributed by atoms with Gasteiger partial charge in [0, 0.05) is 0 Å². The second kappa shape index (κ2) is 4.85. The molecule has 0 aliphatic rings. The molecule has 0 aliphatic carbocycles. The summed E-state index contributed by atoms with van der Waals surface area (Å²) in [5.41, 5.74) is 1.32. The lowest BCUT2D eigenvalue weighted by atomic mass is 10.2. The van der Waals surface area contributed by atoms with Gasteiger partial charge in [-0.3, -0.25) is 0 Å². The first kappa shape index (κ1) is 11.6. The normalized spacial score (nSPS) is 13.0. The molecule has 0 amide bonds. The SMILES string of the molecule is CS/C(=C\c1ccccc1)[Si](C)(C)C. The van der Waals surface area contributed by atoms with Crippen LogP contribution in [-0.4, -0.2) is 14.3 Å². The van der Waals surface area contributed by atoms with Gasteiger partial charge in [0.2, 0.25) is 0 Å². The fraction of sp³-hybridized carbons (Fsp3) is 0.333. The molecule has 0 spiro atoms. The molecule has 0 unspecified atom stereocenters. The highest BCUT2D eigenvalue weighted by molar-refractivity contribution is 8.04. The average Bonchev–Trinajstić information content (AvgIpc) is 2.14. The van der Waals surface area contributed by atoms with Crippen LogP contribution in [0.5, 0.6) is 0 Å². The van der Waals surface area contributed by atoms with Crippen molar-refractivity contribution in [2.75, 3.05) is 6.26 Å². The maximum Gasteiger partial charge on any atom is 0.0857 e. The van der Waals surface area contributed by atoms with Gasteiger partial charge >= 0.3 is 0 Å². The van der Waals surface area contributed by atoms with Crippen molar-refractivity contribution >= 4 is 25.9 Å². The molecule has 1 aromatic carbocycles. The van der Waals surface area contributed by atoms with Crippen LogP contribution in [0.15, 0.2) is 34.9 Å². The van der Waals surface area contributed by atoms with Crippen LogP contribution in [0.2, 0.25) is 19.6 Å². The van der Waals surface area contributed by atoms with E-state index in [0.29, 0.717) is 0 Å². The molecule has 76 valence electrons. The molecule has 0 aromatic heterocycles. The molecule has 0 aliphatic heterocycles. The Morgan fingerprint density at radius 1 is 1.14 bits per heavy atom. The summed E-state index contributed by atoms with van der Waals surface area (Å²) < 4.78 is 1.56. The van der Waals surface area contributed by atoms with Gasteiger partial charge in [-0.05, 0) is 22.4 Å². The summed E-state index contributed by atoms with van der Waals surface area (Å²) in [5.74, 6) is 0. The van der Waals surface area contributed by atoms with E-state index in [0.717, 1.165) is 0 Å². The lowest BCUT2D eigenvalue weighted by molar-refractivity contribution is 1.65. The van der Waals surface area contributed by atoms with E-state index in [9.17, 15) is 0 Å². The molecule has 0 heterocycles. The largest absolute Gasteiger partial charge is 0.139 e. The Balaban J connectivity index is 2.96. The van der Waals surface area contributed by atoms with Crippen molar-refractivity contribution in [1.82, 2.24) is 0 Å². The van der Waals surface area contributed by atoms with Gasteiger partial charge in [-0.25, -0.2) is 0 Å². The number of benzene rings is 1. The number of hydrogen-bond acceptors (Lipinski definition) is 1. The van der Waals surface area contributed by atoms with Crippen LogP contribution in [0.4, 0.5) is 0 Å². The monoisotopic (exact) mass is 222 g/mol. The van der Waals surface area contributed by atoms with Gasteiger partial charge in [0.25, 0.3) is 0 Å². The van der Waals surface area contributed by atoms with Crippen LogP contribution in [0, 0.1) is 0 Å². The number of rotatable bonds is 3. The quantitative estimate of drug-likeness (QED) is 0.688. The van der Waals surface area contributed by atoms with E-state index in [1.807, 2.05) is 11.8 Å². The van der Waals surface area contributed by atoms with Crippen LogP contribution >= 0.6 is 11.8 Å². The molecule has 0 nitrogen and oxygen atoms in total. The summed E-state index contributed by atoms with van der Waals surface area (Å²) >= 11 is 1.89. The van der Waals surface area contributed by atoms with Gasteiger partial charge in [-0.15, -0.1) is 11.8 Å². The molecule has 0 saturated heterocycles. The van der Waals surface area contributed by atoms with Crippen molar-refractivity contribution in [3.63, 3.8) is 0 Å². The lowest BCUT2D eigenvalue weighted by Crippen LogP contribution is -2.21. The molecule has 0 bridgehead atoms. The predicted molar refractivity (Wildman–Crippen MR) is 71.3 cm³/mol. The smallest absolute Gasteiger partial charge is 0.0857 e. The minimum Gasteiger partial charge on any atom is -0.139 e. The Bertz CT molecular complexity index is 309. The number of hydrogen-bond donors (Lipinski definition) is 0. The molecule has 1 aromatic rings. The Hall–Kier alpha value is -0.473. The molecule has 0 N–H and O–H groups in total. The Morgan fingerprint density at radius 2 is 1.71 bits per heavy atom. The van der Waals surface area contributed by atoms with Gasteiger partial charge in [0.1, 0.15) is 0 Å². The lowest BCUT2D eigenvalue weighted by Gasteiger charge is -2.18. The number of thioether (sulfide) groups is 1. The first-order valence-corrected chi connectivity index (χ1v) is 9.58. The van der Waals surface area contributed by atoms with Gasteiger partial charge < -0.3 is 0 Å². The van der Waals surface area contributed by atoms with E-state index in [1.165, 1.54) is 5.56 Å². The second-order valence-corrected chi connectivity index (χ2v) is 10.6. The van der Waals surface area contributed by atoms with Crippen LogP contribution in [0.3, 0.4) is 0 Å². The third-order valence-electron chi connectivity index (χ3n) is 2.06. The molecule has 0 radical (unpaired) electrons. The molecular weight excluding hydrogens is 204 g/mol. The molecule has 0 fully saturated rings. The average molecular weight is 222 g/mol. The van der Waals surface area contributed by atoms with Crippen LogP contribution in [-0.2, 0) is 0 Å². The summed E-state index contributed by atoms with van der Waals surface area (Å²) in [5, 5.41) is 0. The van der Waals surface area contributed by atoms with Gasteiger partial charge in [0.05, 0.1) is 8.07 Å². The third kappa shape index (κ3) is 3.35. The van der Waals surface area contributed by atoms with E-state index >= 15 is 0 Å². The Labute approximate surface area is 92.4 Å². The van der Waals surface area contributed by atoms with Crippen molar-refractivity contribution in [2.45, 2.75) is 19.6 Å². The minimum absolute atomic E-state index is 1.15. The zero-order valence-electron chi connectivity index (χ0n) is 9.37. The first-order valence-electron chi connectivity index (χ1n) is 4.85. The van der Waals surface area contributed by atoms with Crippen LogP contribution in [0.25, 0.3) is 6.08 Å². The molecular formula is C12H18SSi. The maximum absolute atomic E-state index is 2.39. The van der Waals surface area contributed by atoms with E-state index < -0.39 is 8.07 Å². The highest BCUT2D eigenvalue weighted by Gasteiger charge is 2.18. The topological polar surface area (TPSA) is 0 Å². The third-order valence-corrected chi connectivity index (χ3v) is 6.69. The van der Waals surface area contributed by atoms with E-state index in [-0.39, 0.29) is 0 Å². The molecule has 0 saturated carbocycles. The first-order chi connectivity index (χ1) is 6.54. The van der Waals surface area contributed by atoms with E-state index in [2.05, 4.69) is 62.3 Å². The Morgan fingerprint density at radius 3 is 2.14 bits per heavy atom. The van der Waals surface area contributed by atoms with Crippen molar-refractivity contribution in [1.29, 1.82) is 0 Å². The van der Waals surface area contributed by atoms with Crippen molar-refractivity contribution in [3.8, 4) is 0 Å². The fourth-order valence-electron chi connectivity index (χ4n) is 1.28. The minimum atomic E-state index is -1.15. The standard InChI is InChI=1S/C12H18SSi/c1-13-12(14(2,3)4)10-11-8-6-5-7-9-11/h5-10H,1-4H3/b12-10+. The zero-order chi connectivity index (χ0) is 10.6. The highest BCUT2D eigenvalue weighted by Crippen LogP contribution is 2.26. The van der Waals surface area contributed by atoms with Crippen molar-refractivity contribution in [2.24, 2.45) is 0 Å². The molecule has 2 heteroatoms. The van der Waals surface area contributed by atoms with Gasteiger partial charge in [0.15, 0.2) is 0 Å².